The van der Waals surface area contributed by atoms with Crippen molar-refractivity contribution in [3.63, 3.8) is 0 Å². The van der Waals surface area contributed by atoms with Gasteiger partial charge in [0.2, 0.25) is 0 Å². The van der Waals surface area contributed by atoms with Crippen molar-refractivity contribution in [2.45, 2.75) is 6.92 Å². The zero-order valence-corrected chi connectivity index (χ0v) is 10.8. The molecule has 0 unspecified atom stereocenters. The number of fused-ring (bicyclic) bond motifs is 1. The summed E-state index contributed by atoms with van der Waals surface area (Å²) in [5.41, 5.74) is 1.11. The predicted molar refractivity (Wildman–Crippen MR) is 71.2 cm³/mol. The van der Waals surface area contributed by atoms with E-state index in [0.29, 0.717) is 11.1 Å². The van der Waals surface area contributed by atoms with Crippen molar-refractivity contribution in [1.82, 2.24) is 0 Å². The zero-order valence-electron chi connectivity index (χ0n) is 10.8. The molecule has 0 aliphatic rings. The number of methoxy groups -OCH3 is 1. The van der Waals surface area contributed by atoms with Gasteiger partial charge in [0.25, 0.3) is 0 Å². The Morgan fingerprint density at radius 1 is 1.00 bits per heavy atom. The van der Waals surface area contributed by atoms with Crippen LogP contribution in [0.5, 0.6) is 0 Å². The number of carbonyl (C=O) groups excluding carboxylic acids is 2. The first-order valence-corrected chi connectivity index (χ1v) is 5.82. The number of ketones is 1. The lowest BCUT2D eigenvalue weighted by molar-refractivity contribution is -0.0124. The van der Waals surface area contributed by atoms with Crippen molar-refractivity contribution < 1.29 is 19.1 Å². The fourth-order valence-corrected chi connectivity index (χ4v) is 1.79. The molecule has 0 fully saturated rings. The molecule has 0 N–H and O–H groups in total. The van der Waals surface area contributed by atoms with Crippen molar-refractivity contribution in [3.05, 3.63) is 47.5 Å². The lowest BCUT2D eigenvalue weighted by Gasteiger charge is -2.05. The molecule has 2 aromatic rings. The van der Waals surface area contributed by atoms with E-state index in [9.17, 15) is 9.59 Å². The first kappa shape index (κ1) is 13.2. The smallest absolute Gasteiger partial charge is 0.340 e. The van der Waals surface area contributed by atoms with Crippen LogP contribution in [-0.4, -0.2) is 25.7 Å². The van der Waals surface area contributed by atoms with Gasteiger partial charge in [-0.3, -0.25) is 4.79 Å². The van der Waals surface area contributed by atoms with Gasteiger partial charge in [0.05, 0.1) is 5.56 Å². The molecule has 0 bridgehead atoms. The lowest BCUT2D eigenvalue weighted by Crippen LogP contribution is -2.07. The highest BCUT2D eigenvalue weighted by molar-refractivity contribution is 6.00. The van der Waals surface area contributed by atoms with Crippen molar-refractivity contribution in [2.24, 2.45) is 0 Å². The second-order valence-corrected chi connectivity index (χ2v) is 4.17. The largest absolute Gasteiger partial charge is 0.435 e. The molecule has 19 heavy (non-hydrogen) atoms. The second-order valence-electron chi connectivity index (χ2n) is 4.17. The van der Waals surface area contributed by atoms with Crippen molar-refractivity contribution in [2.75, 3.05) is 13.9 Å². The molecular formula is C15H14O4. The summed E-state index contributed by atoms with van der Waals surface area (Å²) < 4.78 is 9.56. The van der Waals surface area contributed by atoms with Crippen LogP contribution >= 0.6 is 0 Å². The van der Waals surface area contributed by atoms with Gasteiger partial charge in [-0.1, -0.05) is 18.2 Å². The summed E-state index contributed by atoms with van der Waals surface area (Å²) in [4.78, 5) is 23.0. The molecule has 0 radical (unpaired) electrons. The number of hydrogen-bond donors (Lipinski definition) is 0. The molecule has 4 nitrogen and oxygen atoms in total. The highest BCUT2D eigenvalue weighted by Gasteiger charge is 2.08. The predicted octanol–water partition coefficient (Wildman–Crippen LogP) is 2.80. The topological polar surface area (TPSA) is 52.6 Å². The number of rotatable bonds is 4. The zero-order chi connectivity index (χ0) is 13.8. The molecule has 0 aliphatic heterocycles. The number of hydrogen-bond acceptors (Lipinski definition) is 4. The molecule has 0 aromatic heterocycles. The normalized spacial score (nSPS) is 10.4. The van der Waals surface area contributed by atoms with Gasteiger partial charge in [-0.25, -0.2) is 4.79 Å². The van der Waals surface area contributed by atoms with Gasteiger partial charge in [0, 0.05) is 12.7 Å². The maximum absolute atomic E-state index is 11.7. The van der Waals surface area contributed by atoms with E-state index in [-0.39, 0.29) is 12.6 Å². The molecule has 4 heteroatoms. The number of carbonyl (C=O) groups is 2. The van der Waals surface area contributed by atoms with E-state index < -0.39 is 5.97 Å². The van der Waals surface area contributed by atoms with Crippen LogP contribution in [0.15, 0.2) is 36.4 Å². The molecule has 2 aromatic carbocycles. The highest BCUT2D eigenvalue weighted by atomic mass is 16.7. The monoisotopic (exact) mass is 258 g/mol. The van der Waals surface area contributed by atoms with Crippen LogP contribution in [0.3, 0.4) is 0 Å². The molecule has 0 spiro atoms. The highest BCUT2D eigenvalue weighted by Crippen LogP contribution is 2.19. The number of benzene rings is 2. The van der Waals surface area contributed by atoms with Crippen LogP contribution in [0.1, 0.15) is 27.6 Å². The maximum atomic E-state index is 11.7. The molecule has 0 atom stereocenters. The molecule has 0 saturated carbocycles. The summed E-state index contributed by atoms with van der Waals surface area (Å²) in [5, 5.41) is 1.80. The minimum absolute atomic E-state index is 0.0190. The lowest BCUT2D eigenvalue weighted by atomic mass is 10.0. The van der Waals surface area contributed by atoms with E-state index in [2.05, 4.69) is 4.74 Å². The van der Waals surface area contributed by atoms with E-state index in [0.717, 1.165) is 10.8 Å². The third kappa shape index (κ3) is 2.98. The van der Waals surface area contributed by atoms with Crippen molar-refractivity contribution in [1.29, 1.82) is 0 Å². The van der Waals surface area contributed by atoms with Crippen LogP contribution < -0.4 is 0 Å². The number of ether oxygens (including phenoxy) is 2. The van der Waals surface area contributed by atoms with Gasteiger partial charge >= 0.3 is 5.97 Å². The fraction of sp³-hybridized carbons (Fsp3) is 0.200. The van der Waals surface area contributed by atoms with Gasteiger partial charge < -0.3 is 9.47 Å². The number of Topliss-reactive ketones (excluding diaryl/α,β-unsaturated/α-hetero) is 1. The quantitative estimate of drug-likeness (QED) is 0.480. The van der Waals surface area contributed by atoms with E-state index in [1.54, 1.807) is 24.3 Å². The van der Waals surface area contributed by atoms with Crippen LogP contribution in [0.2, 0.25) is 0 Å². The van der Waals surface area contributed by atoms with Gasteiger partial charge in [-0.15, -0.1) is 0 Å². The average molecular weight is 258 g/mol. The van der Waals surface area contributed by atoms with Crippen LogP contribution in [0.4, 0.5) is 0 Å². The summed E-state index contributed by atoms with van der Waals surface area (Å²) in [6.07, 6.45) is 0. The van der Waals surface area contributed by atoms with Crippen LogP contribution in [0, 0.1) is 0 Å². The molecule has 98 valence electrons. The van der Waals surface area contributed by atoms with E-state index in [1.807, 2.05) is 12.1 Å². The Morgan fingerprint density at radius 3 is 2.16 bits per heavy atom. The summed E-state index contributed by atoms with van der Waals surface area (Å²) in [6, 6.07) is 10.6. The Bertz CT molecular complexity index is 631. The average Bonchev–Trinajstić information content (AvgIpc) is 2.43. The van der Waals surface area contributed by atoms with Crippen molar-refractivity contribution in [3.8, 4) is 0 Å². The maximum Gasteiger partial charge on any atom is 0.340 e. The van der Waals surface area contributed by atoms with Gasteiger partial charge in [0.15, 0.2) is 12.6 Å². The van der Waals surface area contributed by atoms with Gasteiger partial charge in [0.1, 0.15) is 0 Å². The Labute approximate surface area is 110 Å². The molecular weight excluding hydrogens is 244 g/mol. The molecule has 0 saturated heterocycles. The summed E-state index contributed by atoms with van der Waals surface area (Å²) in [6.45, 7) is 1.46. The Kier molecular flexibility index (Phi) is 3.92. The van der Waals surface area contributed by atoms with Gasteiger partial charge in [-0.05, 0) is 35.9 Å². The van der Waals surface area contributed by atoms with Crippen molar-refractivity contribution >= 4 is 22.5 Å². The molecule has 2 rings (SSSR count). The molecule has 0 heterocycles. The SMILES string of the molecule is COCOC(=O)c1ccc2cc(C(C)=O)ccc2c1. The second kappa shape index (κ2) is 5.63. The van der Waals surface area contributed by atoms with Crippen LogP contribution in [-0.2, 0) is 9.47 Å². The van der Waals surface area contributed by atoms with Gasteiger partial charge in [-0.2, -0.15) is 0 Å². The van der Waals surface area contributed by atoms with E-state index >= 15 is 0 Å². The van der Waals surface area contributed by atoms with Crippen LogP contribution in [0.25, 0.3) is 10.8 Å². The summed E-state index contributed by atoms with van der Waals surface area (Å²) in [7, 11) is 1.46. The molecule has 0 amide bonds. The van der Waals surface area contributed by atoms with E-state index in [1.165, 1.54) is 14.0 Å². The minimum Gasteiger partial charge on any atom is -0.435 e. The third-order valence-corrected chi connectivity index (χ3v) is 2.79. The minimum atomic E-state index is -0.431. The Morgan fingerprint density at radius 2 is 1.58 bits per heavy atom. The standard InChI is InChI=1S/C15H14O4/c1-10(16)11-3-4-13-8-14(6-5-12(13)7-11)15(17)19-9-18-2/h3-8H,9H2,1-2H3. The fourth-order valence-electron chi connectivity index (χ4n) is 1.79. The Hall–Kier alpha value is -2.20. The summed E-state index contributed by atoms with van der Waals surface area (Å²) in [5.74, 6) is -0.412. The third-order valence-electron chi connectivity index (χ3n) is 2.79. The molecule has 0 aliphatic carbocycles. The number of esters is 1. The summed E-state index contributed by atoms with van der Waals surface area (Å²) >= 11 is 0. The first-order chi connectivity index (χ1) is 9.11. The van der Waals surface area contributed by atoms with E-state index in [4.69, 9.17) is 4.74 Å². The Balaban J connectivity index is 2.34. The first-order valence-electron chi connectivity index (χ1n) is 5.82.